The fourth-order valence-corrected chi connectivity index (χ4v) is 3.68. The van der Waals surface area contributed by atoms with Crippen LogP contribution in [0.2, 0.25) is 0 Å². The van der Waals surface area contributed by atoms with Crippen molar-refractivity contribution < 1.29 is 0 Å². The summed E-state index contributed by atoms with van der Waals surface area (Å²) in [5.41, 5.74) is 4.42. The molecule has 1 aromatic carbocycles. The lowest BCUT2D eigenvalue weighted by molar-refractivity contribution is 0.549. The molecule has 1 aromatic heterocycles. The average molecular weight is 257 g/mol. The summed E-state index contributed by atoms with van der Waals surface area (Å²) < 4.78 is 0. The zero-order valence-electron chi connectivity index (χ0n) is 11.0. The van der Waals surface area contributed by atoms with Crippen molar-refractivity contribution in [3.63, 3.8) is 0 Å². The molecule has 3 rings (SSSR count). The molecule has 0 bridgehead atoms. The molecule has 2 heteroatoms. The van der Waals surface area contributed by atoms with E-state index in [9.17, 15) is 0 Å². The SMILES string of the molecule is CCNC1CCc2cc(-c3ccc(C)s3)ccc21. The van der Waals surface area contributed by atoms with Crippen LogP contribution in [0.5, 0.6) is 0 Å². The highest BCUT2D eigenvalue weighted by Gasteiger charge is 2.21. The van der Waals surface area contributed by atoms with E-state index < -0.39 is 0 Å². The third-order valence-corrected chi connectivity index (χ3v) is 4.75. The molecule has 1 heterocycles. The Morgan fingerprint density at radius 2 is 2.17 bits per heavy atom. The van der Waals surface area contributed by atoms with Gasteiger partial charge in [-0.3, -0.25) is 0 Å². The Kier molecular flexibility index (Phi) is 3.23. The van der Waals surface area contributed by atoms with E-state index in [0.717, 1.165) is 6.54 Å². The van der Waals surface area contributed by atoms with Crippen molar-refractivity contribution in [2.45, 2.75) is 32.7 Å². The molecule has 1 unspecified atom stereocenters. The molecule has 0 aliphatic heterocycles. The van der Waals surface area contributed by atoms with Crippen LogP contribution >= 0.6 is 11.3 Å². The summed E-state index contributed by atoms with van der Waals surface area (Å²) in [6.07, 6.45) is 2.46. The van der Waals surface area contributed by atoms with E-state index in [0.29, 0.717) is 6.04 Å². The molecule has 0 saturated carbocycles. The third kappa shape index (κ3) is 2.11. The van der Waals surface area contributed by atoms with Gasteiger partial charge in [0, 0.05) is 15.8 Å². The summed E-state index contributed by atoms with van der Waals surface area (Å²) in [7, 11) is 0. The topological polar surface area (TPSA) is 12.0 Å². The van der Waals surface area contributed by atoms with Gasteiger partial charge in [-0.05, 0) is 55.1 Å². The minimum Gasteiger partial charge on any atom is -0.310 e. The molecular formula is C16H19NS. The first-order chi connectivity index (χ1) is 8.78. The number of hydrogen-bond acceptors (Lipinski definition) is 2. The Labute approximate surface area is 113 Å². The van der Waals surface area contributed by atoms with Gasteiger partial charge in [-0.15, -0.1) is 11.3 Å². The molecule has 1 atom stereocenters. The van der Waals surface area contributed by atoms with Gasteiger partial charge in [-0.25, -0.2) is 0 Å². The van der Waals surface area contributed by atoms with Gasteiger partial charge in [0.1, 0.15) is 0 Å². The van der Waals surface area contributed by atoms with Crippen molar-refractivity contribution in [3.05, 3.63) is 46.3 Å². The second-order valence-corrected chi connectivity index (χ2v) is 6.26. The molecule has 0 saturated heterocycles. The largest absolute Gasteiger partial charge is 0.310 e. The van der Waals surface area contributed by atoms with Crippen molar-refractivity contribution in [3.8, 4) is 10.4 Å². The summed E-state index contributed by atoms with van der Waals surface area (Å²) >= 11 is 1.88. The zero-order chi connectivity index (χ0) is 12.5. The van der Waals surface area contributed by atoms with Gasteiger partial charge in [0.15, 0.2) is 0 Å². The van der Waals surface area contributed by atoms with Crippen molar-refractivity contribution in [1.82, 2.24) is 5.32 Å². The molecule has 0 amide bonds. The lowest BCUT2D eigenvalue weighted by Crippen LogP contribution is -2.18. The quantitative estimate of drug-likeness (QED) is 0.863. The molecule has 94 valence electrons. The summed E-state index contributed by atoms with van der Waals surface area (Å²) in [5.74, 6) is 0. The van der Waals surface area contributed by atoms with Crippen LogP contribution in [-0.4, -0.2) is 6.54 Å². The second-order valence-electron chi connectivity index (χ2n) is 4.97. The van der Waals surface area contributed by atoms with Crippen molar-refractivity contribution in [2.24, 2.45) is 0 Å². The van der Waals surface area contributed by atoms with Crippen LogP contribution in [0.15, 0.2) is 30.3 Å². The molecule has 2 aromatic rings. The standard InChI is InChI=1S/C16H19NS/c1-3-17-15-8-6-12-10-13(5-7-14(12)15)16-9-4-11(2)18-16/h4-5,7,9-10,15,17H,3,6,8H2,1-2H3. The Hall–Kier alpha value is -1.12. The normalized spacial score (nSPS) is 18.0. The number of aryl methyl sites for hydroxylation is 2. The Morgan fingerprint density at radius 1 is 1.28 bits per heavy atom. The predicted octanol–water partition coefficient (Wildman–Crippen LogP) is 4.32. The number of hydrogen-bond donors (Lipinski definition) is 1. The third-order valence-electron chi connectivity index (χ3n) is 3.70. The first-order valence-corrected chi connectivity index (χ1v) is 7.52. The van der Waals surface area contributed by atoms with E-state index in [1.807, 2.05) is 11.3 Å². The van der Waals surface area contributed by atoms with E-state index in [-0.39, 0.29) is 0 Å². The monoisotopic (exact) mass is 257 g/mol. The molecule has 1 aliphatic rings. The maximum atomic E-state index is 3.57. The van der Waals surface area contributed by atoms with Gasteiger partial charge in [0.05, 0.1) is 0 Å². The first kappa shape index (κ1) is 11.9. The molecule has 0 spiro atoms. The van der Waals surface area contributed by atoms with Gasteiger partial charge in [0.25, 0.3) is 0 Å². The minimum absolute atomic E-state index is 0.573. The van der Waals surface area contributed by atoms with E-state index >= 15 is 0 Å². The lowest BCUT2D eigenvalue weighted by Gasteiger charge is -2.12. The van der Waals surface area contributed by atoms with Gasteiger partial charge >= 0.3 is 0 Å². The number of rotatable bonds is 3. The predicted molar refractivity (Wildman–Crippen MR) is 79.2 cm³/mol. The molecular weight excluding hydrogens is 238 g/mol. The van der Waals surface area contributed by atoms with E-state index in [1.165, 1.54) is 39.3 Å². The van der Waals surface area contributed by atoms with E-state index in [4.69, 9.17) is 0 Å². The summed E-state index contributed by atoms with van der Waals surface area (Å²) in [6, 6.07) is 12.0. The fraction of sp³-hybridized carbons (Fsp3) is 0.375. The summed E-state index contributed by atoms with van der Waals surface area (Å²) in [6.45, 7) is 5.40. The second kappa shape index (κ2) is 4.87. The number of benzene rings is 1. The van der Waals surface area contributed by atoms with Crippen LogP contribution in [0.3, 0.4) is 0 Å². The Morgan fingerprint density at radius 3 is 2.89 bits per heavy atom. The molecule has 0 radical (unpaired) electrons. The van der Waals surface area contributed by atoms with Gasteiger partial charge in [0.2, 0.25) is 0 Å². The summed E-state index contributed by atoms with van der Waals surface area (Å²) in [4.78, 5) is 2.78. The van der Waals surface area contributed by atoms with Crippen LogP contribution in [0.25, 0.3) is 10.4 Å². The minimum atomic E-state index is 0.573. The van der Waals surface area contributed by atoms with Gasteiger partial charge in [-0.2, -0.15) is 0 Å². The van der Waals surface area contributed by atoms with Crippen molar-refractivity contribution >= 4 is 11.3 Å². The number of nitrogens with one attached hydrogen (secondary N) is 1. The van der Waals surface area contributed by atoms with E-state index in [2.05, 4.69) is 49.5 Å². The Bertz CT molecular complexity index is 556. The lowest BCUT2D eigenvalue weighted by atomic mass is 10.0. The first-order valence-electron chi connectivity index (χ1n) is 6.71. The van der Waals surface area contributed by atoms with Crippen LogP contribution in [0.4, 0.5) is 0 Å². The molecule has 0 fully saturated rings. The number of thiophene rings is 1. The van der Waals surface area contributed by atoms with Crippen LogP contribution < -0.4 is 5.32 Å². The molecule has 18 heavy (non-hydrogen) atoms. The van der Waals surface area contributed by atoms with Crippen LogP contribution in [0, 0.1) is 6.92 Å². The Balaban J connectivity index is 1.93. The highest BCUT2D eigenvalue weighted by molar-refractivity contribution is 7.15. The fourth-order valence-electron chi connectivity index (χ4n) is 2.82. The van der Waals surface area contributed by atoms with Gasteiger partial charge < -0.3 is 5.32 Å². The van der Waals surface area contributed by atoms with Crippen LogP contribution in [0.1, 0.15) is 35.4 Å². The van der Waals surface area contributed by atoms with Gasteiger partial charge in [-0.1, -0.05) is 25.1 Å². The van der Waals surface area contributed by atoms with Crippen LogP contribution in [-0.2, 0) is 6.42 Å². The van der Waals surface area contributed by atoms with E-state index in [1.54, 1.807) is 0 Å². The van der Waals surface area contributed by atoms with Crippen molar-refractivity contribution in [1.29, 1.82) is 0 Å². The maximum absolute atomic E-state index is 3.57. The number of fused-ring (bicyclic) bond motifs is 1. The summed E-state index contributed by atoms with van der Waals surface area (Å²) in [5, 5.41) is 3.57. The highest BCUT2D eigenvalue weighted by atomic mass is 32.1. The van der Waals surface area contributed by atoms with Crippen molar-refractivity contribution in [2.75, 3.05) is 6.54 Å². The highest BCUT2D eigenvalue weighted by Crippen LogP contribution is 2.35. The zero-order valence-corrected chi connectivity index (χ0v) is 11.8. The molecule has 1 nitrogen and oxygen atoms in total. The molecule has 1 N–H and O–H groups in total. The molecule has 1 aliphatic carbocycles. The smallest absolute Gasteiger partial charge is 0.0345 e. The average Bonchev–Trinajstić information content (AvgIpc) is 2.96. The maximum Gasteiger partial charge on any atom is 0.0345 e.